The van der Waals surface area contributed by atoms with Gasteiger partial charge in [-0.2, -0.15) is 0 Å². The molecule has 1 amide bonds. The van der Waals surface area contributed by atoms with Crippen LogP contribution in [-0.2, 0) is 19.3 Å². The van der Waals surface area contributed by atoms with Crippen LogP contribution in [0.3, 0.4) is 0 Å². The maximum atomic E-state index is 12.5. The van der Waals surface area contributed by atoms with Gasteiger partial charge in [0.15, 0.2) is 0 Å². The van der Waals surface area contributed by atoms with E-state index < -0.39 is 0 Å². The van der Waals surface area contributed by atoms with Crippen LogP contribution in [-0.4, -0.2) is 23.4 Å². The summed E-state index contributed by atoms with van der Waals surface area (Å²) in [4.78, 5) is 17.1. The molecule has 0 saturated heterocycles. The van der Waals surface area contributed by atoms with Crippen LogP contribution in [0.1, 0.15) is 45.9 Å². The molecular weight excluding hydrogens is 242 g/mol. The van der Waals surface area contributed by atoms with Crippen LogP contribution in [0, 0.1) is 11.8 Å². The molecule has 4 rings (SSSR count). The molecule has 18 heavy (non-hydrogen) atoms. The van der Waals surface area contributed by atoms with Gasteiger partial charge >= 0.3 is 0 Å². The number of carbonyl (C=O) groups excluding carboxylic acids is 1. The van der Waals surface area contributed by atoms with E-state index in [1.54, 1.807) is 16.9 Å². The monoisotopic (exact) mass is 261 g/mol. The van der Waals surface area contributed by atoms with Gasteiger partial charge in [0.05, 0.1) is 4.88 Å². The van der Waals surface area contributed by atoms with E-state index in [9.17, 15) is 4.79 Å². The van der Waals surface area contributed by atoms with Gasteiger partial charge < -0.3 is 4.90 Å². The second kappa shape index (κ2) is 3.60. The molecule has 2 heterocycles. The summed E-state index contributed by atoms with van der Waals surface area (Å²) in [5.41, 5.74) is 2.99. The minimum atomic E-state index is 0.291. The molecule has 0 spiro atoms. The van der Waals surface area contributed by atoms with E-state index in [4.69, 9.17) is 0 Å². The normalized spacial score (nSPS) is 29.1. The van der Waals surface area contributed by atoms with Crippen molar-refractivity contribution in [1.82, 2.24) is 4.90 Å². The molecule has 2 atom stereocenters. The molecule has 2 nitrogen and oxygen atoms in total. The quantitative estimate of drug-likeness (QED) is 0.761. The van der Waals surface area contributed by atoms with Crippen LogP contribution in [0.25, 0.3) is 0 Å². The van der Waals surface area contributed by atoms with Crippen molar-refractivity contribution >= 4 is 17.2 Å². The van der Waals surface area contributed by atoms with Gasteiger partial charge in [0, 0.05) is 17.5 Å². The molecule has 1 aliphatic heterocycles. The van der Waals surface area contributed by atoms with Crippen molar-refractivity contribution in [2.45, 2.75) is 45.6 Å². The highest BCUT2D eigenvalue weighted by Gasteiger charge is 2.44. The molecule has 0 N–H and O–H groups in total. The highest BCUT2D eigenvalue weighted by atomic mass is 32.1. The molecule has 1 fully saturated rings. The predicted molar refractivity (Wildman–Crippen MR) is 73.2 cm³/mol. The highest BCUT2D eigenvalue weighted by Crippen LogP contribution is 2.51. The zero-order chi connectivity index (χ0) is 12.4. The van der Waals surface area contributed by atoms with Crippen LogP contribution < -0.4 is 0 Å². The second-order valence-electron chi connectivity index (χ2n) is 6.32. The van der Waals surface area contributed by atoms with Crippen molar-refractivity contribution in [3.05, 3.63) is 20.9 Å². The summed E-state index contributed by atoms with van der Waals surface area (Å²) in [6.45, 7) is 5.15. The van der Waals surface area contributed by atoms with E-state index in [0.717, 1.165) is 29.7 Å². The average Bonchev–Trinajstić information content (AvgIpc) is 2.99. The fraction of sp³-hybridized carbons (Fsp3) is 0.667. The van der Waals surface area contributed by atoms with E-state index in [0.29, 0.717) is 11.9 Å². The molecule has 1 aromatic rings. The van der Waals surface area contributed by atoms with E-state index in [1.165, 1.54) is 29.7 Å². The van der Waals surface area contributed by atoms with Crippen molar-refractivity contribution < 1.29 is 4.79 Å². The van der Waals surface area contributed by atoms with Crippen molar-refractivity contribution in [2.75, 3.05) is 6.54 Å². The summed E-state index contributed by atoms with van der Waals surface area (Å²) in [7, 11) is 0. The number of nitrogens with zero attached hydrogens (tertiary/aromatic N) is 1. The predicted octanol–water partition coefficient (Wildman–Crippen LogP) is 2.89. The first-order valence-corrected chi connectivity index (χ1v) is 7.91. The Bertz CT molecular complexity index is 531. The first-order valence-electron chi connectivity index (χ1n) is 7.09. The first kappa shape index (κ1) is 11.0. The van der Waals surface area contributed by atoms with Gasteiger partial charge in [-0.15, -0.1) is 11.3 Å². The maximum Gasteiger partial charge on any atom is 0.264 e. The number of hydrogen-bond donors (Lipinski definition) is 0. The van der Waals surface area contributed by atoms with Crippen molar-refractivity contribution in [3.63, 3.8) is 0 Å². The Kier molecular flexibility index (Phi) is 2.20. The fourth-order valence-corrected chi connectivity index (χ4v) is 5.08. The average molecular weight is 261 g/mol. The lowest BCUT2D eigenvalue weighted by Crippen LogP contribution is -2.41. The Hall–Kier alpha value is -0.830. The topological polar surface area (TPSA) is 20.3 Å². The molecule has 3 heteroatoms. The van der Waals surface area contributed by atoms with Gasteiger partial charge in [-0.3, -0.25) is 4.79 Å². The van der Waals surface area contributed by atoms with Crippen LogP contribution >= 0.6 is 11.3 Å². The summed E-state index contributed by atoms with van der Waals surface area (Å²) in [6, 6.07) is 0.332. The number of amides is 1. The van der Waals surface area contributed by atoms with E-state index in [2.05, 4.69) is 13.8 Å². The van der Waals surface area contributed by atoms with Crippen LogP contribution in [0.5, 0.6) is 0 Å². The molecule has 96 valence electrons. The maximum absolute atomic E-state index is 12.5. The van der Waals surface area contributed by atoms with Crippen LogP contribution in [0.2, 0.25) is 0 Å². The van der Waals surface area contributed by atoms with Gasteiger partial charge in [0.25, 0.3) is 5.91 Å². The summed E-state index contributed by atoms with van der Waals surface area (Å²) in [5, 5.41) is 0. The Balaban J connectivity index is 1.75. The van der Waals surface area contributed by atoms with Gasteiger partial charge in [-0.05, 0) is 62.5 Å². The summed E-state index contributed by atoms with van der Waals surface area (Å²) in [6.07, 6.45) is 5.04. The van der Waals surface area contributed by atoms with Gasteiger partial charge in [0.2, 0.25) is 0 Å². The number of fused-ring (bicyclic) bond motifs is 4. The number of hydrogen-bond acceptors (Lipinski definition) is 2. The van der Waals surface area contributed by atoms with Crippen molar-refractivity contribution in [1.29, 1.82) is 0 Å². The smallest absolute Gasteiger partial charge is 0.264 e. The molecule has 2 unspecified atom stereocenters. The molecule has 0 radical (unpaired) electrons. The minimum Gasteiger partial charge on any atom is -0.335 e. The lowest BCUT2D eigenvalue weighted by Gasteiger charge is -2.30. The Morgan fingerprint density at radius 2 is 2.00 bits per heavy atom. The molecule has 1 saturated carbocycles. The third kappa shape index (κ3) is 1.43. The Morgan fingerprint density at radius 1 is 1.22 bits per heavy atom. The molecular formula is C15H19NOS. The molecule has 0 bridgehead atoms. The van der Waals surface area contributed by atoms with Crippen LogP contribution in [0.15, 0.2) is 0 Å². The SMILES string of the molecule is CC(C)N1CCc2c(sc3c2CC2CC2C3)C1=O. The van der Waals surface area contributed by atoms with Crippen LogP contribution in [0.4, 0.5) is 0 Å². The largest absolute Gasteiger partial charge is 0.335 e. The number of thiophene rings is 1. The van der Waals surface area contributed by atoms with Crippen molar-refractivity contribution in [2.24, 2.45) is 11.8 Å². The minimum absolute atomic E-state index is 0.291. The fourth-order valence-electron chi connectivity index (χ4n) is 3.66. The Morgan fingerprint density at radius 3 is 2.78 bits per heavy atom. The first-order chi connectivity index (χ1) is 8.65. The third-order valence-corrected chi connectivity index (χ3v) is 6.15. The Labute approximate surface area is 112 Å². The summed E-state index contributed by atoms with van der Waals surface area (Å²) >= 11 is 1.81. The standard InChI is InChI=1S/C15H19NOS/c1-8(2)16-4-3-11-12-6-9-5-10(9)7-13(12)18-14(11)15(16)17/h8-10H,3-7H2,1-2H3. The van der Waals surface area contributed by atoms with Crippen molar-refractivity contribution in [3.8, 4) is 0 Å². The molecule has 1 aromatic heterocycles. The van der Waals surface area contributed by atoms with E-state index in [1.807, 2.05) is 4.90 Å². The van der Waals surface area contributed by atoms with Gasteiger partial charge in [-0.25, -0.2) is 0 Å². The second-order valence-corrected chi connectivity index (χ2v) is 7.42. The highest BCUT2D eigenvalue weighted by molar-refractivity contribution is 7.14. The van der Waals surface area contributed by atoms with Gasteiger partial charge in [-0.1, -0.05) is 0 Å². The van der Waals surface area contributed by atoms with Gasteiger partial charge in [0.1, 0.15) is 0 Å². The third-order valence-electron chi connectivity index (χ3n) is 4.86. The van der Waals surface area contributed by atoms with E-state index >= 15 is 0 Å². The zero-order valence-corrected chi connectivity index (χ0v) is 11.8. The molecule has 0 aromatic carbocycles. The lowest BCUT2D eigenvalue weighted by molar-refractivity contribution is 0.0694. The summed E-state index contributed by atoms with van der Waals surface area (Å²) < 4.78 is 0. The van der Waals surface area contributed by atoms with E-state index in [-0.39, 0.29) is 0 Å². The lowest BCUT2D eigenvalue weighted by atomic mass is 9.92. The zero-order valence-electron chi connectivity index (χ0n) is 11.0. The summed E-state index contributed by atoms with van der Waals surface area (Å²) in [5.74, 6) is 2.20. The number of rotatable bonds is 1. The number of carbonyl (C=O) groups is 1. The molecule has 2 aliphatic carbocycles. The molecule has 3 aliphatic rings.